The fourth-order valence-corrected chi connectivity index (χ4v) is 3.33. The highest BCUT2D eigenvalue weighted by Gasteiger charge is 2.12. The monoisotopic (exact) mass is 292 g/mol. The number of benzene rings is 1. The first-order valence-corrected chi connectivity index (χ1v) is 8.78. The van der Waals surface area contributed by atoms with E-state index in [4.69, 9.17) is 0 Å². The first-order chi connectivity index (χ1) is 9.46. The molecule has 1 aromatic carbocycles. The lowest BCUT2D eigenvalue weighted by Crippen LogP contribution is -2.35. The summed E-state index contributed by atoms with van der Waals surface area (Å²) in [5, 5.41) is 3.57. The van der Waals surface area contributed by atoms with Crippen molar-refractivity contribution >= 4 is 17.4 Å². The van der Waals surface area contributed by atoms with Gasteiger partial charge in [0.25, 0.3) is 0 Å². The largest absolute Gasteiger partial charge is 0.371 e. The van der Waals surface area contributed by atoms with Crippen LogP contribution in [0.4, 0.5) is 5.69 Å². The van der Waals surface area contributed by atoms with Crippen molar-refractivity contribution in [2.24, 2.45) is 0 Å². The Labute approximate surface area is 128 Å². The first kappa shape index (κ1) is 15.7. The number of hydrogen-bond donors (Lipinski definition) is 1. The van der Waals surface area contributed by atoms with Crippen LogP contribution in [0.5, 0.6) is 0 Å². The molecule has 0 spiro atoms. The number of anilines is 1. The zero-order valence-corrected chi connectivity index (χ0v) is 14.1. The third-order valence-corrected chi connectivity index (χ3v) is 4.77. The Morgan fingerprint density at radius 1 is 1.20 bits per heavy atom. The first-order valence-electron chi connectivity index (χ1n) is 7.63. The summed E-state index contributed by atoms with van der Waals surface area (Å²) in [6, 6.07) is 6.94. The van der Waals surface area contributed by atoms with Crippen LogP contribution in [-0.4, -0.2) is 30.1 Å². The molecule has 0 aliphatic carbocycles. The third kappa shape index (κ3) is 4.71. The number of nitrogens with one attached hydrogen (secondary N) is 1. The molecule has 0 radical (unpaired) electrons. The van der Waals surface area contributed by atoms with E-state index in [0.29, 0.717) is 0 Å². The van der Waals surface area contributed by atoms with Gasteiger partial charge in [0, 0.05) is 36.6 Å². The van der Waals surface area contributed by atoms with E-state index >= 15 is 0 Å². The van der Waals surface area contributed by atoms with Crippen molar-refractivity contribution in [2.45, 2.75) is 46.2 Å². The minimum Gasteiger partial charge on any atom is -0.371 e. The molecule has 1 N–H and O–H groups in total. The van der Waals surface area contributed by atoms with Gasteiger partial charge in [-0.15, -0.1) is 0 Å². The van der Waals surface area contributed by atoms with Crippen LogP contribution in [0.1, 0.15) is 38.3 Å². The van der Waals surface area contributed by atoms with Gasteiger partial charge in [0.15, 0.2) is 0 Å². The smallest absolute Gasteiger partial charge is 0.0369 e. The summed E-state index contributed by atoms with van der Waals surface area (Å²) >= 11 is 2.08. The average molecular weight is 292 g/mol. The lowest BCUT2D eigenvalue weighted by Gasteiger charge is -2.25. The molecule has 1 aliphatic heterocycles. The highest BCUT2D eigenvalue weighted by molar-refractivity contribution is 7.99. The SMILES string of the molecule is Cc1cc(N2CCCSCC2)ccc1CNC(C)(C)C. The van der Waals surface area contributed by atoms with E-state index in [2.05, 4.69) is 67.9 Å². The van der Waals surface area contributed by atoms with Crippen molar-refractivity contribution in [3.8, 4) is 0 Å². The second kappa shape index (κ2) is 6.86. The fourth-order valence-electron chi connectivity index (χ4n) is 2.44. The zero-order chi connectivity index (χ0) is 14.6. The van der Waals surface area contributed by atoms with Crippen molar-refractivity contribution in [3.63, 3.8) is 0 Å². The molecule has 1 saturated heterocycles. The van der Waals surface area contributed by atoms with Gasteiger partial charge in [-0.1, -0.05) is 6.07 Å². The Hall–Kier alpha value is -0.670. The predicted octanol–water partition coefficient (Wildman–Crippen LogP) is 3.83. The van der Waals surface area contributed by atoms with Gasteiger partial charge in [0.05, 0.1) is 0 Å². The Bertz CT molecular complexity index is 429. The zero-order valence-electron chi connectivity index (χ0n) is 13.3. The van der Waals surface area contributed by atoms with E-state index in [-0.39, 0.29) is 5.54 Å². The summed E-state index contributed by atoms with van der Waals surface area (Å²) in [6.45, 7) is 12.2. The fraction of sp³-hybridized carbons (Fsp3) is 0.647. The molecule has 2 nitrogen and oxygen atoms in total. The van der Waals surface area contributed by atoms with Crippen LogP contribution in [-0.2, 0) is 6.54 Å². The second-order valence-corrected chi connectivity index (χ2v) is 7.89. The third-order valence-electron chi connectivity index (χ3n) is 3.72. The van der Waals surface area contributed by atoms with Gasteiger partial charge in [-0.05, 0) is 63.1 Å². The van der Waals surface area contributed by atoms with Crippen LogP contribution in [0, 0.1) is 6.92 Å². The van der Waals surface area contributed by atoms with E-state index in [1.54, 1.807) is 0 Å². The molecule has 20 heavy (non-hydrogen) atoms. The maximum Gasteiger partial charge on any atom is 0.0369 e. The molecule has 0 amide bonds. The van der Waals surface area contributed by atoms with Crippen molar-refractivity contribution in [2.75, 3.05) is 29.5 Å². The average Bonchev–Trinajstić information content (AvgIpc) is 2.65. The maximum atomic E-state index is 3.57. The van der Waals surface area contributed by atoms with Gasteiger partial charge in [-0.25, -0.2) is 0 Å². The van der Waals surface area contributed by atoms with E-state index in [9.17, 15) is 0 Å². The summed E-state index contributed by atoms with van der Waals surface area (Å²) in [4.78, 5) is 2.54. The second-order valence-electron chi connectivity index (χ2n) is 6.67. The van der Waals surface area contributed by atoms with Gasteiger partial charge in [0.2, 0.25) is 0 Å². The minimum atomic E-state index is 0.174. The topological polar surface area (TPSA) is 15.3 Å². The van der Waals surface area contributed by atoms with Crippen molar-refractivity contribution in [1.82, 2.24) is 5.32 Å². The summed E-state index contributed by atoms with van der Waals surface area (Å²) in [5.74, 6) is 2.56. The number of thioether (sulfide) groups is 1. The molecule has 0 unspecified atom stereocenters. The summed E-state index contributed by atoms with van der Waals surface area (Å²) in [5.41, 5.74) is 4.38. The maximum absolute atomic E-state index is 3.57. The Morgan fingerprint density at radius 2 is 2.00 bits per heavy atom. The predicted molar refractivity (Wildman–Crippen MR) is 91.9 cm³/mol. The molecule has 1 aromatic rings. The van der Waals surface area contributed by atoms with Crippen LogP contribution in [0.3, 0.4) is 0 Å². The Kier molecular flexibility index (Phi) is 5.39. The van der Waals surface area contributed by atoms with Crippen LogP contribution < -0.4 is 10.2 Å². The van der Waals surface area contributed by atoms with E-state index in [1.165, 1.54) is 47.8 Å². The van der Waals surface area contributed by atoms with Crippen molar-refractivity contribution in [1.29, 1.82) is 0 Å². The molecule has 112 valence electrons. The Morgan fingerprint density at radius 3 is 2.70 bits per heavy atom. The molecule has 0 atom stereocenters. The van der Waals surface area contributed by atoms with Crippen LogP contribution in [0.25, 0.3) is 0 Å². The molecule has 1 fully saturated rings. The minimum absolute atomic E-state index is 0.174. The van der Waals surface area contributed by atoms with Crippen LogP contribution in [0.2, 0.25) is 0 Å². The molecular weight excluding hydrogens is 264 g/mol. The van der Waals surface area contributed by atoms with Gasteiger partial charge >= 0.3 is 0 Å². The number of nitrogens with zero attached hydrogens (tertiary/aromatic N) is 1. The van der Waals surface area contributed by atoms with Crippen LogP contribution in [0.15, 0.2) is 18.2 Å². The summed E-state index contributed by atoms with van der Waals surface area (Å²) < 4.78 is 0. The molecule has 0 aromatic heterocycles. The normalized spacial score (nSPS) is 17.1. The molecule has 0 bridgehead atoms. The molecule has 3 heteroatoms. The van der Waals surface area contributed by atoms with Crippen molar-refractivity contribution in [3.05, 3.63) is 29.3 Å². The standard InChI is InChI=1S/C17H28N2S/c1-14-12-16(19-8-5-10-20-11-9-19)7-6-15(14)13-18-17(2,3)4/h6-7,12,18H,5,8-11,13H2,1-4H3. The van der Waals surface area contributed by atoms with E-state index < -0.39 is 0 Å². The molecule has 1 heterocycles. The van der Waals surface area contributed by atoms with Crippen molar-refractivity contribution < 1.29 is 0 Å². The van der Waals surface area contributed by atoms with E-state index in [0.717, 1.165) is 6.54 Å². The molecule has 0 saturated carbocycles. The van der Waals surface area contributed by atoms with Gasteiger partial charge in [-0.2, -0.15) is 11.8 Å². The van der Waals surface area contributed by atoms with Gasteiger partial charge in [0.1, 0.15) is 0 Å². The number of aryl methyl sites for hydroxylation is 1. The molecule has 1 aliphatic rings. The lowest BCUT2D eigenvalue weighted by atomic mass is 10.0. The summed E-state index contributed by atoms with van der Waals surface area (Å²) in [6.07, 6.45) is 1.30. The molecular formula is C17H28N2S. The van der Waals surface area contributed by atoms with Gasteiger partial charge < -0.3 is 10.2 Å². The van der Waals surface area contributed by atoms with Crippen LogP contribution >= 0.6 is 11.8 Å². The lowest BCUT2D eigenvalue weighted by molar-refractivity contribution is 0.424. The summed E-state index contributed by atoms with van der Waals surface area (Å²) in [7, 11) is 0. The number of rotatable bonds is 3. The van der Waals surface area contributed by atoms with Gasteiger partial charge in [-0.3, -0.25) is 0 Å². The van der Waals surface area contributed by atoms with E-state index in [1.807, 2.05) is 0 Å². The highest BCUT2D eigenvalue weighted by atomic mass is 32.2. The number of hydrogen-bond acceptors (Lipinski definition) is 3. The quantitative estimate of drug-likeness (QED) is 0.911. The Balaban J connectivity index is 2.04. The molecule has 2 rings (SSSR count). The highest BCUT2D eigenvalue weighted by Crippen LogP contribution is 2.22.